The molecule has 1 aliphatic heterocycles. The van der Waals surface area contributed by atoms with Gasteiger partial charge in [-0.2, -0.15) is 13.2 Å². The molecule has 0 amide bonds. The van der Waals surface area contributed by atoms with Crippen LogP contribution in [-0.4, -0.2) is 19.3 Å². The molecule has 1 N–H and O–H groups in total. The fourth-order valence-electron chi connectivity index (χ4n) is 2.06. The molecule has 19 heavy (non-hydrogen) atoms. The molecule has 0 radical (unpaired) electrons. The second-order valence-corrected chi connectivity index (χ2v) is 4.98. The van der Waals surface area contributed by atoms with E-state index < -0.39 is 11.7 Å². The van der Waals surface area contributed by atoms with Crippen LogP contribution in [0, 0.1) is 0 Å². The van der Waals surface area contributed by atoms with Gasteiger partial charge in [0.05, 0.1) is 11.7 Å². The third-order valence-electron chi connectivity index (χ3n) is 3.08. The fraction of sp³-hybridized carbons (Fsp3) is 0.538. The topological polar surface area (TPSA) is 21.3 Å². The quantitative estimate of drug-likeness (QED) is 0.915. The summed E-state index contributed by atoms with van der Waals surface area (Å²) >= 11 is 5.90. The summed E-state index contributed by atoms with van der Waals surface area (Å²) in [6.45, 7) is 1.70. The average molecular weight is 294 g/mol. The Bertz CT molecular complexity index is 430. The molecule has 0 saturated carbocycles. The number of hydrogen-bond acceptors (Lipinski definition) is 2. The van der Waals surface area contributed by atoms with Crippen molar-refractivity contribution in [1.29, 1.82) is 0 Å². The van der Waals surface area contributed by atoms with Gasteiger partial charge in [-0.25, -0.2) is 0 Å². The number of benzene rings is 1. The number of nitrogens with one attached hydrogen (secondary N) is 1. The molecule has 0 bridgehead atoms. The van der Waals surface area contributed by atoms with Crippen molar-refractivity contribution >= 4 is 11.6 Å². The van der Waals surface area contributed by atoms with Gasteiger partial charge in [0.2, 0.25) is 0 Å². The van der Waals surface area contributed by atoms with E-state index in [1.165, 1.54) is 6.07 Å². The molecular weight excluding hydrogens is 279 g/mol. The second kappa shape index (κ2) is 6.11. The monoisotopic (exact) mass is 293 g/mol. The van der Waals surface area contributed by atoms with Crippen molar-refractivity contribution in [2.45, 2.75) is 31.7 Å². The molecule has 1 unspecified atom stereocenters. The van der Waals surface area contributed by atoms with E-state index in [-0.39, 0.29) is 6.10 Å². The van der Waals surface area contributed by atoms with Gasteiger partial charge in [-0.1, -0.05) is 11.6 Å². The van der Waals surface area contributed by atoms with E-state index in [1.807, 2.05) is 0 Å². The zero-order valence-electron chi connectivity index (χ0n) is 10.3. The number of halogens is 4. The van der Waals surface area contributed by atoms with Gasteiger partial charge in [0.25, 0.3) is 0 Å². The van der Waals surface area contributed by atoms with Crippen LogP contribution in [0.3, 0.4) is 0 Å². The molecule has 1 atom stereocenters. The summed E-state index contributed by atoms with van der Waals surface area (Å²) in [4.78, 5) is 0. The first-order chi connectivity index (χ1) is 8.97. The molecule has 2 rings (SSSR count). The molecule has 1 aliphatic rings. The summed E-state index contributed by atoms with van der Waals surface area (Å²) in [5.41, 5.74) is -0.222. The molecule has 1 heterocycles. The smallest absolute Gasteiger partial charge is 0.377 e. The Hall–Kier alpha value is -0.780. The van der Waals surface area contributed by atoms with Crippen molar-refractivity contribution in [1.82, 2.24) is 5.32 Å². The molecule has 6 heteroatoms. The number of hydrogen-bond donors (Lipinski definition) is 1. The summed E-state index contributed by atoms with van der Waals surface area (Å²) < 4.78 is 43.2. The molecule has 1 saturated heterocycles. The fourth-order valence-corrected chi connectivity index (χ4v) is 2.24. The maximum absolute atomic E-state index is 12.6. The highest BCUT2D eigenvalue weighted by molar-refractivity contribution is 6.31. The number of alkyl halides is 3. The Balaban J connectivity index is 1.94. The van der Waals surface area contributed by atoms with Crippen molar-refractivity contribution in [2.75, 3.05) is 13.2 Å². The first-order valence-electron chi connectivity index (χ1n) is 6.15. The van der Waals surface area contributed by atoms with E-state index in [4.69, 9.17) is 16.3 Å². The van der Waals surface area contributed by atoms with E-state index in [0.29, 0.717) is 23.7 Å². The van der Waals surface area contributed by atoms with Crippen LogP contribution in [0.4, 0.5) is 13.2 Å². The summed E-state index contributed by atoms with van der Waals surface area (Å²) in [5.74, 6) is 0. The Labute approximate surface area is 114 Å². The molecule has 2 nitrogen and oxygen atoms in total. The minimum absolute atomic E-state index is 0.157. The van der Waals surface area contributed by atoms with Crippen LogP contribution >= 0.6 is 11.6 Å². The maximum Gasteiger partial charge on any atom is 0.416 e. The minimum Gasteiger partial charge on any atom is -0.377 e. The summed E-state index contributed by atoms with van der Waals surface area (Å²) in [7, 11) is 0. The largest absolute Gasteiger partial charge is 0.416 e. The number of rotatable bonds is 4. The SMILES string of the molecule is FC(F)(F)c1ccc(Cl)c(CNCC2CCCO2)c1. The highest BCUT2D eigenvalue weighted by Gasteiger charge is 2.30. The van der Waals surface area contributed by atoms with Gasteiger partial charge < -0.3 is 10.1 Å². The lowest BCUT2D eigenvalue weighted by atomic mass is 10.1. The van der Waals surface area contributed by atoms with E-state index >= 15 is 0 Å². The average Bonchev–Trinajstić information content (AvgIpc) is 2.83. The summed E-state index contributed by atoms with van der Waals surface area (Å²) in [6.07, 6.45) is -2.15. The van der Waals surface area contributed by atoms with Gasteiger partial charge in [-0.3, -0.25) is 0 Å². The molecular formula is C13H15ClF3NO. The summed E-state index contributed by atoms with van der Waals surface area (Å²) in [6, 6.07) is 3.37. The standard InChI is InChI=1S/C13H15ClF3NO/c14-12-4-3-10(13(15,16)17)6-9(12)7-18-8-11-2-1-5-19-11/h3-4,6,11,18H,1-2,5,7-8H2. The highest BCUT2D eigenvalue weighted by Crippen LogP contribution is 2.31. The first kappa shape index (κ1) is 14.6. The molecule has 0 spiro atoms. The first-order valence-corrected chi connectivity index (χ1v) is 6.52. The van der Waals surface area contributed by atoms with Gasteiger partial charge >= 0.3 is 6.18 Å². The van der Waals surface area contributed by atoms with Crippen molar-refractivity contribution in [3.8, 4) is 0 Å². The highest BCUT2D eigenvalue weighted by atomic mass is 35.5. The van der Waals surface area contributed by atoms with Crippen LogP contribution < -0.4 is 5.32 Å². The van der Waals surface area contributed by atoms with Crippen LogP contribution in [-0.2, 0) is 17.5 Å². The lowest BCUT2D eigenvalue weighted by Crippen LogP contribution is -2.26. The second-order valence-electron chi connectivity index (χ2n) is 4.57. The van der Waals surface area contributed by atoms with Gasteiger partial charge in [0.1, 0.15) is 0 Å². The van der Waals surface area contributed by atoms with E-state index in [2.05, 4.69) is 5.32 Å². The van der Waals surface area contributed by atoms with Crippen molar-refractivity contribution in [3.05, 3.63) is 34.3 Å². The molecule has 1 aromatic rings. The Morgan fingerprint density at radius 2 is 2.16 bits per heavy atom. The van der Waals surface area contributed by atoms with Gasteiger partial charge in [0.15, 0.2) is 0 Å². The van der Waals surface area contributed by atoms with Crippen molar-refractivity contribution < 1.29 is 17.9 Å². The Kier molecular flexibility index (Phi) is 4.71. The van der Waals surface area contributed by atoms with Crippen LogP contribution in [0.2, 0.25) is 5.02 Å². The van der Waals surface area contributed by atoms with Crippen LogP contribution in [0.5, 0.6) is 0 Å². The minimum atomic E-state index is -4.34. The predicted octanol–water partition coefficient (Wildman–Crippen LogP) is 3.63. The van der Waals surface area contributed by atoms with Crippen molar-refractivity contribution in [3.63, 3.8) is 0 Å². The predicted molar refractivity (Wildman–Crippen MR) is 67.1 cm³/mol. The van der Waals surface area contributed by atoms with Gasteiger partial charge in [0, 0.05) is 24.7 Å². The van der Waals surface area contributed by atoms with Crippen LogP contribution in [0.1, 0.15) is 24.0 Å². The van der Waals surface area contributed by atoms with E-state index in [0.717, 1.165) is 31.6 Å². The molecule has 1 aromatic carbocycles. The summed E-state index contributed by atoms with van der Waals surface area (Å²) in [5, 5.41) is 3.43. The lowest BCUT2D eigenvalue weighted by molar-refractivity contribution is -0.137. The Morgan fingerprint density at radius 3 is 2.79 bits per heavy atom. The van der Waals surface area contributed by atoms with E-state index in [1.54, 1.807) is 0 Å². The van der Waals surface area contributed by atoms with Crippen LogP contribution in [0.25, 0.3) is 0 Å². The Morgan fingerprint density at radius 1 is 1.37 bits per heavy atom. The molecule has 106 valence electrons. The zero-order valence-corrected chi connectivity index (χ0v) is 11.0. The molecule has 1 fully saturated rings. The normalized spacial score (nSPS) is 19.9. The number of ether oxygens (including phenoxy) is 1. The van der Waals surface area contributed by atoms with Gasteiger partial charge in [-0.05, 0) is 36.6 Å². The lowest BCUT2D eigenvalue weighted by Gasteiger charge is -2.13. The third kappa shape index (κ3) is 4.09. The van der Waals surface area contributed by atoms with Gasteiger partial charge in [-0.15, -0.1) is 0 Å². The van der Waals surface area contributed by atoms with E-state index in [9.17, 15) is 13.2 Å². The van der Waals surface area contributed by atoms with Crippen LogP contribution in [0.15, 0.2) is 18.2 Å². The third-order valence-corrected chi connectivity index (χ3v) is 3.45. The zero-order chi connectivity index (χ0) is 13.9. The molecule has 0 aliphatic carbocycles. The molecule has 0 aromatic heterocycles. The maximum atomic E-state index is 12.6. The van der Waals surface area contributed by atoms with Crippen molar-refractivity contribution in [2.24, 2.45) is 0 Å².